The molecular formula is C24H38N6. The topological polar surface area (TPSA) is 58.9 Å². The van der Waals surface area contributed by atoms with Gasteiger partial charge in [0, 0.05) is 26.7 Å². The van der Waals surface area contributed by atoms with E-state index in [2.05, 4.69) is 53.2 Å². The summed E-state index contributed by atoms with van der Waals surface area (Å²) in [6.07, 6.45) is 7.22. The molecule has 0 amide bonds. The molecule has 1 aliphatic carbocycles. The van der Waals surface area contributed by atoms with Crippen LogP contribution in [0.1, 0.15) is 52.0 Å². The van der Waals surface area contributed by atoms with Gasteiger partial charge in [0.2, 0.25) is 0 Å². The molecule has 6 nitrogen and oxygen atoms in total. The third-order valence-corrected chi connectivity index (χ3v) is 6.99. The van der Waals surface area contributed by atoms with Gasteiger partial charge in [-0.25, -0.2) is 0 Å². The second-order valence-corrected chi connectivity index (χ2v) is 10.7. The molecule has 0 radical (unpaired) electrons. The van der Waals surface area contributed by atoms with Crippen LogP contribution in [0.2, 0.25) is 0 Å². The lowest BCUT2D eigenvalue weighted by molar-refractivity contribution is 0.244. The first-order chi connectivity index (χ1) is 14.3. The average molecular weight is 411 g/mol. The third-order valence-electron chi connectivity index (χ3n) is 6.99. The van der Waals surface area contributed by atoms with Gasteiger partial charge in [-0.2, -0.15) is 5.10 Å². The van der Waals surface area contributed by atoms with E-state index >= 15 is 0 Å². The van der Waals surface area contributed by atoms with Gasteiger partial charge in [-0.15, -0.1) is 10.2 Å². The first kappa shape index (κ1) is 21.3. The predicted molar refractivity (Wildman–Crippen MR) is 122 cm³/mol. The highest BCUT2D eigenvalue weighted by Gasteiger charge is 2.40. The molecule has 3 heterocycles. The van der Waals surface area contributed by atoms with E-state index in [0.717, 1.165) is 47.1 Å². The Labute approximate surface area is 181 Å². The summed E-state index contributed by atoms with van der Waals surface area (Å²) in [5.41, 5.74) is 3.47. The molecular weight excluding hydrogens is 372 g/mol. The number of hydrogen-bond acceptors (Lipinski definition) is 5. The first-order valence-electron chi connectivity index (χ1n) is 11.6. The van der Waals surface area contributed by atoms with Gasteiger partial charge < -0.3 is 10.2 Å². The number of aromatic nitrogens is 4. The summed E-state index contributed by atoms with van der Waals surface area (Å²) in [5, 5.41) is 16.5. The number of rotatable bonds is 7. The molecule has 164 valence electrons. The molecule has 2 aromatic heterocycles. The number of aryl methyl sites for hydroxylation is 2. The smallest absolute Gasteiger partial charge is 0.148 e. The van der Waals surface area contributed by atoms with Gasteiger partial charge in [-0.3, -0.25) is 4.68 Å². The lowest BCUT2D eigenvalue weighted by atomic mass is 9.92. The van der Waals surface area contributed by atoms with E-state index < -0.39 is 0 Å². The highest BCUT2D eigenvalue weighted by molar-refractivity contribution is 5.59. The lowest BCUT2D eigenvalue weighted by Gasteiger charge is -2.24. The van der Waals surface area contributed by atoms with Crippen LogP contribution in [0.3, 0.4) is 0 Å². The number of fused-ring (bicyclic) bond motifs is 1. The molecule has 2 fully saturated rings. The Morgan fingerprint density at radius 3 is 2.40 bits per heavy atom. The minimum atomic E-state index is 0.448. The van der Waals surface area contributed by atoms with Crippen LogP contribution in [0, 0.1) is 30.1 Å². The highest BCUT2D eigenvalue weighted by Crippen LogP contribution is 2.43. The maximum absolute atomic E-state index is 4.40. The summed E-state index contributed by atoms with van der Waals surface area (Å²) in [5.74, 6) is 3.58. The second-order valence-electron chi connectivity index (χ2n) is 10.7. The molecule has 3 atom stereocenters. The fraction of sp³-hybridized carbons (Fsp3) is 0.708. The Hall–Kier alpha value is -1.95. The number of nitrogens with zero attached hydrogens (tertiary/aromatic N) is 5. The highest BCUT2D eigenvalue weighted by atomic mass is 15.3. The van der Waals surface area contributed by atoms with E-state index in [-0.39, 0.29) is 0 Å². The Balaban J connectivity index is 1.19. The molecule has 0 bridgehead atoms. The van der Waals surface area contributed by atoms with Gasteiger partial charge >= 0.3 is 0 Å². The largest absolute Gasteiger partial charge is 0.369 e. The fourth-order valence-corrected chi connectivity index (χ4v) is 5.31. The molecule has 2 aliphatic rings. The zero-order valence-corrected chi connectivity index (χ0v) is 19.4. The summed E-state index contributed by atoms with van der Waals surface area (Å²) in [6.45, 7) is 14.0. The van der Waals surface area contributed by atoms with Crippen molar-refractivity contribution in [3.8, 4) is 11.4 Å². The molecule has 1 saturated heterocycles. The van der Waals surface area contributed by atoms with E-state index in [1.165, 1.54) is 45.3 Å². The van der Waals surface area contributed by atoms with E-state index in [1.54, 1.807) is 0 Å². The van der Waals surface area contributed by atoms with Crippen LogP contribution in [0.15, 0.2) is 18.3 Å². The van der Waals surface area contributed by atoms with Gasteiger partial charge in [-0.05, 0) is 80.0 Å². The Morgan fingerprint density at radius 2 is 1.83 bits per heavy atom. The standard InChI is InChI=1S/C24H38N6/c1-17-14-26-29(5)23(17)21-6-7-22(28-27-21)25-10-8-18-12-19-15-30(16-20(19)13-18)11-9-24(2,3)4/h6-7,14,18-20H,8-13,15-16H2,1-5H3,(H,25,28)/t18?,19-,20?/m1/s1. The van der Waals surface area contributed by atoms with Crippen molar-refractivity contribution in [1.29, 1.82) is 0 Å². The zero-order valence-electron chi connectivity index (χ0n) is 19.4. The van der Waals surface area contributed by atoms with E-state index in [9.17, 15) is 0 Å². The fourth-order valence-electron chi connectivity index (χ4n) is 5.31. The van der Waals surface area contributed by atoms with Crippen LogP contribution in [0.4, 0.5) is 5.82 Å². The molecule has 6 heteroatoms. The minimum absolute atomic E-state index is 0.448. The molecule has 30 heavy (non-hydrogen) atoms. The molecule has 0 aromatic carbocycles. The second kappa shape index (κ2) is 8.66. The predicted octanol–water partition coefficient (Wildman–Crippen LogP) is 4.38. The normalized spacial score (nSPS) is 24.4. The molecule has 4 rings (SSSR count). The van der Waals surface area contributed by atoms with Gasteiger partial charge in [0.05, 0.1) is 11.9 Å². The van der Waals surface area contributed by atoms with E-state index in [4.69, 9.17) is 0 Å². The quantitative estimate of drug-likeness (QED) is 0.734. The van der Waals surface area contributed by atoms with Crippen molar-refractivity contribution in [2.24, 2.45) is 30.2 Å². The summed E-state index contributed by atoms with van der Waals surface area (Å²) >= 11 is 0. The van der Waals surface area contributed by atoms with Crippen LogP contribution in [0.5, 0.6) is 0 Å². The summed E-state index contributed by atoms with van der Waals surface area (Å²) in [4.78, 5) is 2.72. The van der Waals surface area contributed by atoms with Gasteiger partial charge in [0.1, 0.15) is 11.5 Å². The van der Waals surface area contributed by atoms with Gasteiger partial charge in [0.15, 0.2) is 0 Å². The van der Waals surface area contributed by atoms with Crippen LogP contribution in [-0.2, 0) is 7.05 Å². The Kier molecular flexibility index (Phi) is 6.14. The molecule has 1 N–H and O–H groups in total. The number of hydrogen-bond donors (Lipinski definition) is 1. The van der Waals surface area contributed by atoms with Crippen molar-refractivity contribution in [2.75, 3.05) is 31.5 Å². The monoisotopic (exact) mass is 410 g/mol. The number of anilines is 1. The first-order valence-corrected chi connectivity index (χ1v) is 11.6. The summed E-state index contributed by atoms with van der Waals surface area (Å²) in [6, 6.07) is 4.07. The van der Waals surface area contributed by atoms with Crippen LogP contribution in [0.25, 0.3) is 11.4 Å². The van der Waals surface area contributed by atoms with Crippen molar-refractivity contribution in [2.45, 2.75) is 53.4 Å². The summed E-state index contributed by atoms with van der Waals surface area (Å²) in [7, 11) is 1.94. The van der Waals surface area contributed by atoms with Crippen LogP contribution < -0.4 is 5.32 Å². The Bertz CT molecular complexity index is 801. The van der Waals surface area contributed by atoms with Crippen molar-refractivity contribution in [1.82, 2.24) is 24.9 Å². The Morgan fingerprint density at radius 1 is 1.10 bits per heavy atom. The van der Waals surface area contributed by atoms with Crippen LogP contribution in [-0.4, -0.2) is 51.1 Å². The van der Waals surface area contributed by atoms with Crippen molar-refractivity contribution < 1.29 is 0 Å². The molecule has 2 unspecified atom stereocenters. The molecule has 2 aromatic rings. The average Bonchev–Trinajstić information content (AvgIpc) is 3.33. The van der Waals surface area contributed by atoms with Crippen LogP contribution >= 0.6 is 0 Å². The number of likely N-dealkylation sites (tertiary alicyclic amines) is 1. The van der Waals surface area contributed by atoms with Crippen molar-refractivity contribution in [3.63, 3.8) is 0 Å². The van der Waals surface area contributed by atoms with Gasteiger partial charge in [0.25, 0.3) is 0 Å². The third kappa shape index (κ3) is 5.02. The lowest BCUT2D eigenvalue weighted by Crippen LogP contribution is -2.26. The summed E-state index contributed by atoms with van der Waals surface area (Å²) < 4.78 is 1.85. The maximum Gasteiger partial charge on any atom is 0.148 e. The van der Waals surface area contributed by atoms with E-state index in [0.29, 0.717) is 5.41 Å². The molecule has 1 aliphatic heterocycles. The SMILES string of the molecule is Cc1cnn(C)c1-c1ccc(NCCC2CC3CN(CCC(C)(C)C)C[C@H]3C2)nn1. The van der Waals surface area contributed by atoms with Crippen molar-refractivity contribution >= 4 is 5.82 Å². The molecule has 1 saturated carbocycles. The number of nitrogens with one attached hydrogen (secondary N) is 1. The van der Waals surface area contributed by atoms with Crippen molar-refractivity contribution in [3.05, 3.63) is 23.9 Å². The maximum atomic E-state index is 4.40. The zero-order chi connectivity index (χ0) is 21.3. The van der Waals surface area contributed by atoms with E-state index in [1.807, 2.05) is 30.1 Å². The van der Waals surface area contributed by atoms with Gasteiger partial charge in [-0.1, -0.05) is 20.8 Å². The minimum Gasteiger partial charge on any atom is -0.369 e. The molecule has 0 spiro atoms.